The molecule has 102 valence electrons. The van der Waals surface area contributed by atoms with Crippen LogP contribution in [0, 0.1) is 0 Å². The monoisotopic (exact) mass is 246 g/mol. The molecule has 0 fully saturated rings. The van der Waals surface area contributed by atoms with Crippen molar-refractivity contribution >= 4 is 5.97 Å². The minimum atomic E-state index is -0.0959. The summed E-state index contributed by atoms with van der Waals surface area (Å²) >= 11 is 0. The molecule has 0 unspecified atom stereocenters. The number of hydrogen-bond acceptors (Lipinski definition) is 4. The van der Waals surface area contributed by atoms with E-state index < -0.39 is 0 Å². The van der Waals surface area contributed by atoms with Crippen LogP contribution in [0.25, 0.3) is 0 Å². The Hall–Kier alpha value is -0.610. The van der Waals surface area contributed by atoms with Crippen molar-refractivity contribution in [1.29, 1.82) is 0 Å². The Morgan fingerprint density at radius 2 is 1.59 bits per heavy atom. The first kappa shape index (κ1) is 16.4. The maximum atomic E-state index is 11.0. The maximum Gasteiger partial charge on any atom is 0.305 e. The molecule has 0 aromatic rings. The largest absolute Gasteiger partial charge is 0.466 e. The fraction of sp³-hybridized carbons (Fsp3) is 0.923. The van der Waals surface area contributed by atoms with E-state index in [-0.39, 0.29) is 5.97 Å². The van der Waals surface area contributed by atoms with E-state index in [0.717, 1.165) is 38.9 Å². The first-order valence-electron chi connectivity index (χ1n) is 6.62. The molecule has 0 bridgehead atoms. The smallest absolute Gasteiger partial charge is 0.305 e. The summed E-state index contributed by atoms with van der Waals surface area (Å²) in [6.45, 7) is 7.28. The standard InChI is InChI=1S/C13H26O4/c1-3-9-15-11-12-16-10-7-5-6-8-13(14)17-4-2/h3-12H2,1-2H3. The van der Waals surface area contributed by atoms with Gasteiger partial charge < -0.3 is 14.2 Å². The SMILES string of the molecule is CCCOCCOCCCCCC(=O)OCC. The van der Waals surface area contributed by atoms with Gasteiger partial charge >= 0.3 is 5.97 Å². The average Bonchev–Trinajstić information content (AvgIpc) is 2.32. The van der Waals surface area contributed by atoms with E-state index in [1.54, 1.807) is 0 Å². The summed E-state index contributed by atoms with van der Waals surface area (Å²) in [6, 6.07) is 0. The van der Waals surface area contributed by atoms with Gasteiger partial charge in [-0.25, -0.2) is 0 Å². The van der Waals surface area contributed by atoms with Crippen LogP contribution in [0.4, 0.5) is 0 Å². The van der Waals surface area contributed by atoms with Crippen LogP contribution in [0.5, 0.6) is 0 Å². The van der Waals surface area contributed by atoms with Gasteiger partial charge in [0, 0.05) is 19.6 Å². The van der Waals surface area contributed by atoms with Crippen molar-refractivity contribution in [3.8, 4) is 0 Å². The van der Waals surface area contributed by atoms with Crippen molar-refractivity contribution < 1.29 is 19.0 Å². The molecule has 0 amide bonds. The number of unbranched alkanes of at least 4 members (excludes halogenated alkanes) is 2. The fourth-order valence-electron chi connectivity index (χ4n) is 1.35. The summed E-state index contributed by atoms with van der Waals surface area (Å²) in [4.78, 5) is 11.0. The van der Waals surface area contributed by atoms with E-state index in [2.05, 4.69) is 6.92 Å². The van der Waals surface area contributed by atoms with Gasteiger partial charge in [0.2, 0.25) is 0 Å². The zero-order valence-electron chi connectivity index (χ0n) is 11.2. The Labute approximate surface area is 105 Å². The summed E-state index contributed by atoms with van der Waals surface area (Å²) in [5, 5.41) is 0. The van der Waals surface area contributed by atoms with Crippen LogP contribution in [0.2, 0.25) is 0 Å². The molecule has 0 saturated heterocycles. The molecule has 4 heteroatoms. The third-order valence-electron chi connectivity index (χ3n) is 2.20. The molecule has 0 aliphatic heterocycles. The second-order valence-electron chi connectivity index (χ2n) is 3.84. The zero-order valence-corrected chi connectivity index (χ0v) is 11.2. The molecule has 0 N–H and O–H groups in total. The lowest BCUT2D eigenvalue weighted by atomic mass is 10.2. The summed E-state index contributed by atoms with van der Waals surface area (Å²) in [5.74, 6) is -0.0959. The van der Waals surface area contributed by atoms with Crippen LogP contribution in [0.15, 0.2) is 0 Å². The summed E-state index contributed by atoms with van der Waals surface area (Å²) in [6.07, 6.45) is 4.46. The molecule has 0 radical (unpaired) electrons. The molecule has 17 heavy (non-hydrogen) atoms. The van der Waals surface area contributed by atoms with Crippen LogP contribution in [0.3, 0.4) is 0 Å². The van der Waals surface area contributed by atoms with Crippen LogP contribution < -0.4 is 0 Å². The molecule has 0 atom stereocenters. The topological polar surface area (TPSA) is 44.8 Å². The quantitative estimate of drug-likeness (QED) is 0.392. The minimum Gasteiger partial charge on any atom is -0.466 e. The van der Waals surface area contributed by atoms with Crippen molar-refractivity contribution in [3.63, 3.8) is 0 Å². The van der Waals surface area contributed by atoms with Crippen molar-refractivity contribution in [1.82, 2.24) is 0 Å². The highest BCUT2D eigenvalue weighted by Gasteiger charge is 2.00. The highest BCUT2D eigenvalue weighted by atomic mass is 16.5. The van der Waals surface area contributed by atoms with Gasteiger partial charge in [-0.15, -0.1) is 0 Å². The molecule has 0 aliphatic rings. The molecule has 0 aromatic carbocycles. The molecule has 0 aliphatic carbocycles. The third kappa shape index (κ3) is 13.3. The highest BCUT2D eigenvalue weighted by Crippen LogP contribution is 2.01. The van der Waals surface area contributed by atoms with E-state index in [0.29, 0.717) is 26.2 Å². The van der Waals surface area contributed by atoms with Crippen molar-refractivity contribution in [2.45, 2.75) is 46.0 Å². The zero-order chi connectivity index (χ0) is 12.8. The number of carbonyl (C=O) groups excluding carboxylic acids is 1. The van der Waals surface area contributed by atoms with Gasteiger partial charge in [0.05, 0.1) is 19.8 Å². The Bertz CT molecular complexity index is 171. The predicted molar refractivity (Wildman–Crippen MR) is 67.0 cm³/mol. The van der Waals surface area contributed by atoms with Gasteiger partial charge in [0.25, 0.3) is 0 Å². The van der Waals surface area contributed by atoms with Crippen LogP contribution >= 0.6 is 0 Å². The van der Waals surface area contributed by atoms with Gasteiger partial charge in [0.1, 0.15) is 0 Å². The normalized spacial score (nSPS) is 10.5. The summed E-state index contributed by atoms with van der Waals surface area (Å²) in [7, 11) is 0. The minimum absolute atomic E-state index is 0.0959. The predicted octanol–water partition coefficient (Wildman–Crippen LogP) is 2.55. The Balaban J connectivity index is 3.01. The van der Waals surface area contributed by atoms with Crippen molar-refractivity contribution in [2.24, 2.45) is 0 Å². The Morgan fingerprint density at radius 3 is 2.24 bits per heavy atom. The molecule has 0 rings (SSSR count). The molecular weight excluding hydrogens is 220 g/mol. The average molecular weight is 246 g/mol. The van der Waals surface area contributed by atoms with Crippen molar-refractivity contribution in [3.05, 3.63) is 0 Å². The molecule has 0 spiro atoms. The lowest BCUT2D eigenvalue weighted by Crippen LogP contribution is -2.06. The number of esters is 1. The molecule has 0 aromatic heterocycles. The van der Waals surface area contributed by atoms with Gasteiger partial charge in [-0.05, 0) is 26.2 Å². The first-order valence-corrected chi connectivity index (χ1v) is 6.62. The van der Waals surface area contributed by atoms with E-state index >= 15 is 0 Å². The van der Waals surface area contributed by atoms with Crippen LogP contribution in [-0.2, 0) is 19.0 Å². The van der Waals surface area contributed by atoms with Gasteiger partial charge in [-0.2, -0.15) is 0 Å². The molecule has 0 saturated carbocycles. The third-order valence-corrected chi connectivity index (χ3v) is 2.20. The number of ether oxygens (including phenoxy) is 3. The highest BCUT2D eigenvalue weighted by molar-refractivity contribution is 5.69. The summed E-state index contributed by atoms with van der Waals surface area (Å²) < 4.78 is 15.5. The first-order chi connectivity index (χ1) is 8.31. The van der Waals surface area contributed by atoms with E-state index in [1.807, 2.05) is 6.92 Å². The lowest BCUT2D eigenvalue weighted by Gasteiger charge is -2.05. The Kier molecular flexibility index (Phi) is 13.0. The molecule has 4 nitrogen and oxygen atoms in total. The lowest BCUT2D eigenvalue weighted by molar-refractivity contribution is -0.143. The van der Waals surface area contributed by atoms with Gasteiger partial charge in [-0.3, -0.25) is 4.79 Å². The van der Waals surface area contributed by atoms with E-state index in [4.69, 9.17) is 14.2 Å². The maximum absolute atomic E-state index is 11.0. The summed E-state index contributed by atoms with van der Waals surface area (Å²) in [5.41, 5.74) is 0. The second-order valence-corrected chi connectivity index (χ2v) is 3.84. The molecule has 0 heterocycles. The van der Waals surface area contributed by atoms with E-state index in [1.165, 1.54) is 0 Å². The second kappa shape index (κ2) is 13.5. The number of carbonyl (C=O) groups is 1. The van der Waals surface area contributed by atoms with E-state index in [9.17, 15) is 4.79 Å². The number of rotatable bonds is 12. The Morgan fingerprint density at radius 1 is 0.882 bits per heavy atom. The van der Waals surface area contributed by atoms with Crippen molar-refractivity contribution in [2.75, 3.05) is 33.0 Å². The van der Waals surface area contributed by atoms with Crippen LogP contribution in [0.1, 0.15) is 46.0 Å². The van der Waals surface area contributed by atoms with Gasteiger partial charge in [0.15, 0.2) is 0 Å². The fourth-order valence-corrected chi connectivity index (χ4v) is 1.35. The molecular formula is C13H26O4. The number of hydrogen-bond donors (Lipinski definition) is 0. The van der Waals surface area contributed by atoms with Gasteiger partial charge in [-0.1, -0.05) is 13.3 Å². The van der Waals surface area contributed by atoms with Crippen LogP contribution in [-0.4, -0.2) is 39.0 Å².